The van der Waals surface area contributed by atoms with Crippen molar-refractivity contribution >= 4 is 33.5 Å². The van der Waals surface area contributed by atoms with E-state index < -0.39 is 10.0 Å². The topological polar surface area (TPSA) is 77.0 Å². The Morgan fingerprint density at radius 1 is 1.28 bits per heavy atom. The Morgan fingerprint density at radius 3 is 2.17 bits per heavy atom. The number of aliphatic imine (C=N–C) groups is 1. The maximum absolute atomic E-state index is 11.0. The minimum absolute atomic E-state index is 0.0692. The molecule has 0 unspecified atom stereocenters. The van der Waals surface area contributed by atoms with Crippen molar-refractivity contribution in [3.05, 3.63) is 18.2 Å². The fourth-order valence-corrected chi connectivity index (χ4v) is 2.21. The summed E-state index contributed by atoms with van der Waals surface area (Å²) in [5.41, 5.74) is 0.364. The van der Waals surface area contributed by atoms with Gasteiger partial charge >= 0.3 is 0 Å². The molecule has 1 N–H and O–H groups in total. The lowest BCUT2D eigenvalue weighted by molar-refractivity contribution is 0.397. The molecule has 0 aromatic heterocycles. The smallest absolute Gasteiger partial charge is 0.231 e. The van der Waals surface area contributed by atoms with Gasteiger partial charge in [0.15, 0.2) is 5.17 Å². The highest BCUT2D eigenvalue weighted by molar-refractivity contribution is 8.00. The Hall–Kier alpha value is -1.41. The molecule has 0 saturated heterocycles. The second kappa shape index (κ2) is 5.96. The number of benzene rings is 1. The zero-order valence-electron chi connectivity index (χ0n) is 10.2. The van der Waals surface area contributed by atoms with Gasteiger partial charge in [-0.15, -0.1) is 12.6 Å². The van der Waals surface area contributed by atoms with Crippen LogP contribution in [0, 0.1) is 0 Å². The van der Waals surface area contributed by atoms with Gasteiger partial charge < -0.3 is 9.47 Å². The van der Waals surface area contributed by atoms with Crippen LogP contribution in [0.25, 0.3) is 0 Å². The molecule has 100 valence electrons. The van der Waals surface area contributed by atoms with Crippen molar-refractivity contribution in [1.29, 1.82) is 0 Å². The SMILES string of the molecule is COc1cccc(OC)c1/N=C(/S)NS(C)(=O)=O. The van der Waals surface area contributed by atoms with Crippen LogP contribution in [0.3, 0.4) is 0 Å². The van der Waals surface area contributed by atoms with E-state index in [0.29, 0.717) is 17.2 Å². The largest absolute Gasteiger partial charge is 0.494 e. The van der Waals surface area contributed by atoms with E-state index in [-0.39, 0.29) is 5.17 Å². The zero-order chi connectivity index (χ0) is 13.8. The fraction of sp³-hybridized carbons (Fsp3) is 0.300. The van der Waals surface area contributed by atoms with Gasteiger partial charge in [-0.25, -0.2) is 13.4 Å². The molecule has 1 rings (SSSR count). The van der Waals surface area contributed by atoms with Crippen LogP contribution in [0.1, 0.15) is 0 Å². The Kier molecular flexibility index (Phi) is 4.85. The third kappa shape index (κ3) is 4.11. The first-order valence-corrected chi connectivity index (χ1v) is 7.17. The zero-order valence-corrected chi connectivity index (χ0v) is 11.9. The average Bonchev–Trinajstić information content (AvgIpc) is 2.26. The van der Waals surface area contributed by atoms with Crippen LogP contribution >= 0.6 is 12.6 Å². The average molecular weight is 290 g/mol. The minimum atomic E-state index is -3.42. The summed E-state index contributed by atoms with van der Waals surface area (Å²) in [5.74, 6) is 0.910. The molecular formula is C10H14N2O4S2. The van der Waals surface area contributed by atoms with Crippen LogP contribution in [-0.4, -0.2) is 34.1 Å². The Balaban J connectivity index is 3.20. The van der Waals surface area contributed by atoms with Crippen molar-refractivity contribution in [2.24, 2.45) is 4.99 Å². The number of nitrogens with zero attached hydrogens (tertiary/aromatic N) is 1. The minimum Gasteiger partial charge on any atom is -0.494 e. The number of sulfonamides is 1. The molecule has 0 spiro atoms. The molecule has 18 heavy (non-hydrogen) atoms. The molecular weight excluding hydrogens is 276 g/mol. The van der Waals surface area contributed by atoms with Crippen LogP contribution in [-0.2, 0) is 10.0 Å². The van der Waals surface area contributed by atoms with Gasteiger partial charge in [0.05, 0.1) is 20.5 Å². The number of ether oxygens (including phenoxy) is 2. The maximum atomic E-state index is 11.0. The molecule has 0 bridgehead atoms. The van der Waals surface area contributed by atoms with Gasteiger partial charge in [-0.3, -0.25) is 4.72 Å². The lowest BCUT2D eigenvalue weighted by Crippen LogP contribution is -2.25. The molecule has 0 fully saturated rings. The molecule has 0 aliphatic carbocycles. The molecule has 0 amide bonds. The Bertz CT molecular complexity index is 533. The monoisotopic (exact) mass is 290 g/mol. The highest BCUT2D eigenvalue weighted by Crippen LogP contribution is 2.37. The van der Waals surface area contributed by atoms with Crippen molar-refractivity contribution in [2.75, 3.05) is 20.5 Å². The van der Waals surface area contributed by atoms with Crippen molar-refractivity contribution in [3.8, 4) is 11.5 Å². The van der Waals surface area contributed by atoms with E-state index in [2.05, 4.69) is 22.3 Å². The van der Waals surface area contributed by atoms with Gasteiger partial charge in [0, 0.05) is 0 Å². The molecule has 0 atom stereocenters. The summed E-state index contributed by atoms with van der Waals surface area (Å²) >= 11 is 3.96. The molecule has 8 heteroatoms. The van der Waals surface area contributed by atoms with E-state index >= 15 is 0 Å². The molecule has 0 aliphatic rings. The van der Waals surface area contributed by atoms with Gasteiger partial charge in [0.1, 0.15) is 17.2 Å². The molecule has 1 aromatic rings. The molecule has 0 radical (unpaired) electrons. The Labute approximate surface area is 111 Å². The number of hydrogen-bond acceptors (Lipinski definition) is 5. The van der Waals surface area contributed by atoms with Gasteiger partial charge in [-0.1, -0.05) is 6.07 Å². The summed E-state index contributed by atoms with van der Waals surface area (Å²) in [4.78, 5) is 4.03. The van der Waals surface area contributed by atoms with Crippen molar-refractivity contribution in [2.45, 2.75) is 0 Å². The van der Waals surface area contributed by atoms with E-state index in [1.165, 1.54) is 14.2 Å². The van der Waals surface area contributed by atoms with Crippen molar-refractivity contribution in [3.63, 3.8) is 0 Å². The van der Waals surface area contributed by atoms with Crippen molar-refractivity contribution < 1.29 is 17.9 Å². The number of amidine groups is 1. The normalized spacial score (nSPS) is 12.1. The number of thiol groups is 1. The first-order valence-electron chi connectivity index (χ1n) is 4.84. The van der Waals surface area contributed by atoms with Crippen LogP contribution in [0.15, 0.2) is 23.2 Å². The predicted octanol–water partition coefficient (Wildman–Crippen LogP) is 1.17. The number of nitrogens with one attached hydrogen (secondary N) is 1. The lowest BCUT2D eigenvalue weighted by Gasteiger charge is -2.10. The van der Waals surface area contributed by atoms with Gasteiger partial charge in [-0.05, 0) is 12.1 Å². The van der Waals surface area contributed by atoms with Crippen molar-refractivity contribution in [1.82, 2.24) is 4.72 Å². The molecule has 1 aromatic carbocycles. The summed E-state index contributed by atoms with van der Waals surface area (Å²) in [6.45, 7) is 0. The first kappa shape index (κ1) is 14.7. The summed E-state index contributed by atoms with van der Waals surface area (Å²) in [7, 11) is -0.457. The summed E-state index contributed by atoms with van der Waals surface area (Å²) < 4.78 is 34.5. The quantitative estimate of drug-likeness (QED) is 0.496. The van der Waals surface area contributed by atoms with E-state index in [4.69, 9.17) is 9.47 Å². The van der Waals surface area contributed by atoms with E-state index in [1.807, 2.05) is 0 Å². The summed E-state index contributed by atoms with van der Waals surface area (Å²) in [5, 5.41) is -0.0692. The number of hydrogen-bond donors (Lipinski definition) is 2. The first-order chi connectivity index (χ1) is 8.37. The Morgan fingerprint density at radius 2 is 1.78 bits per heavy atom. The molecule has 0 saturated carbocycles. The lowest BCUT2D eigenvalue weighted by atomic mass is 10.2. The summed E-state index contributed by atoms with van der Waals surface area (Å²) in [6, 6.07) is 5.10. The second-order valence-electron chi connectivity index (χ2n) is 3.32. The van der Waals surface area contributed by atoms with E-state index in [1.54, 1.807) is 18.2 Å². The maximum Gasteiger partial charge on any atom is 0.231 e. The number of methoxy groups -OCH3 is 2. The predicted molar refractivity (Wildman–Crippen MR) is 73.6 cm³/mol. The second-order valence-corrected chi connectivity index (χ2v) is 5.49. The standard InChI is InChI=1S/C10H14N2O4S2/c1-15-7-5-4-6-8(16-2)9(7)11-10(17)12-18(3,13)14/h4-6H,1-3H3,(H2,11,12,17). The highest BCUT2D eigenvalue weighted by Gasteiger charge is 2.10. The summed E-state index contributed by atoms with van der Waals surface area (Å²) in [6.07, 6.45) is 1.01. The molecule has 0 heterocycles. The van der Waals surface area contributed by atoms with Gasteiger partial charge in [0.2, 0.25) is 10.0 Å². The third-order valence-electron chi connectivity index (χ3n) is 1.90. The van der Waals surface area contributed by atoms with E-state index in [0.717, 1.165) is 6.26 Å². The number of para-hydroxylation sites is 1. The van der Waals surface area contributed by atoms with Crippen LogP contribution in [0.5, 0.6) is 11.5 Å². The molecule has 0 aliphatic heterocycles. The molecule has 6 nitrogen and oxygen atoms in total. The number of rotatable bonds is 4. The van der Waals surface area contributed by atoms with Gasteiger partial charge in [0.25, 0.3) is 0 Å². The fourth-order valence-electron chi connectivity index (χ4n) is 1.24. The van der Waals surface area contributed by atoms with E-state index in [9.17, 15) is 8.42 Å². The van der Waals surface area contributed by atoms with Crippen LogP contribution in [0.4, 0.5) is 5.69 Å². The van der Waals surface area contributed by atoms with Crippen LogP contribution in [0.2, 0.25) is 0 Å². The highest BCUT2D eigenvalue weighted by atomic mass is 32.2. The third-order valence-corrected chi connectivity index (χ3v) is 2.82. The van der Waals surface area contributed by atoms with Crippen LogP contribution < -0.4 is 14.2 Å². The van der Waals surface area contributed by atoms with Gasteiger partial charge in [-0.2, -0.15) is 0 Å².